The average molecular weight is 291 g/mol. The Kier molecular flexibility index (Phi) is 6.57. The Morgan fingerprint density at radius 1 is 1.15 bits per heavy atom. The quantitative estimate of drug-likeness (QED) is 0.593. The van der Waals surface area contributed by atoms with Crippen molar-refractivity contribution in [3.63, 3.8) is 0 Å². The van der Waals surface area contributed by atoms with Crippen LogP contribution in [-0.2, 0) is 6.42 Å². The SMILES string of the molecule is CCN1CC(C=NCCc2ccccc2)CN(CC)S1. The number of benzene rings is 1. The molecule has 3 nitrogen and oxygen atoms in total. The van der Waals surface area contributed by atoms with E-state index in [1.165, 1.54) is 5.56 Å². The molecular weight excluding hydrogens is 266 g/mol. The summed E-state index contributed by atoms with van der Waals surface area (Å²) in [4.78, 5) is 4.64. The van der Waals surface area contributed by atoms with Crippen LogP contribution >= 0.6 is 12.1 Å². The number of aliphatic imine (C=N–C) groups is 1. The third kappa shape index (κ3) is 4.93. The molecule has 1 aliphatic rings. The first-order valence-electron chi connectivity index (χ1n) is 7.53. The van der Waals surface area contributed by atoms with Crippen molar-refractivity contribution in [2.45, 2.75) is 20.3 Å². The minimum absolute atomic E-state index is 0.562. The Morgan fingerprint density at radius 2 is 1.80 bits per heavy atom. The van der Waals surface area contributed by atoms with Crippen LogP contribution in [-0.4, -0.2) is 47.5 Å². The molecule has 0 unspecified atom stereocenters. The van der Waals surface area contributed by atoms with Crippen LogP contribution in [0.15, 0.2) is 35.3 Å². The van der Waals surface area contributed by atoms with E-state index in [0.29, 0.717) is 5.92 Å². The van der Waals surface area contributed by atoms with Gasteiger partial charge in [-0.1, -0.05) is 44.2 Å². The Hall–Kier alpha value is -0.840. The van der Waals surface area contributed by atoms with Crippen LogP contribution in [0.5, 0.6) is 0 Å². The molecule has 1 aromatic rings. The third-order valence-corrected chi connectivity index (χ3v) is 4.78. The van der Waals surface area contributed by atoms with Gasteiger partial charge in [0.2, 0.25) is 0 Å². The van der Waals surface area contributed by atoms with Crippen LogP contribution in [0, 0.1) is 5.92 Å². The predicted octanol–water partition coefficient (Wildman–Crippen LogP) is 3.14. The Balaban J connectivity index is 1.78. The van der Waals surface area contributed by atoms with Gasteiger partial charge in [0.1, 0.15) is 0 Å². The maximum absolute atomic E-state index is 4.64. The summed E-state index contributed by atoms with van der Waals surface area (Å²) in [5.74, 6) is 0.562. The lowest BCUT2D eigenvalue weighted by molar-refractivity contribution is 0.325. The van der Waals surface area contributed by atoms with Gasteiger partial charge in [-0.3, -0.25) is 4.99 Å². The lowest BCUT2D eigenvalue weighted by Gasteiger charge is -2.36. The van der Waals surface area contributed by atoms with Gasteiger partial charge in [0.05, 0.1) is 0 Å². The van der Waals surface area contributed by atoms with Crippen LogP contribution in [0.3, 0.4) is 0 Å². The molecule has 0 amide bonds. The minimum Gasteiger partial charge on any atom is -0.297 e. The molecule has 0 aliphatic carbocycles. The lowest BCUT2D eigenvalue weighted by atomic mass is 10.1. The molecule has 1 heterocycles. The van der Waals surface area contributed by atoms with Crippen molar-refractivity contribution in [2.75, 3.05) is 32.7 Å². The molecule has 1 saturated heterocycles. The van der Waals surface area contributed by atoms with Gasteiger partial charge in [-0.05, 0) is 12.0 Å². The molecule has 1 aliphatic heterocycles. The Morgan fingerprint density at radius 3 is 2.40 bits per heavy atom. The molecule has 110 valence electrons. The van der Waals surface area contributed by atoms with Gasteiger partial charge in [0.15, 0.2) is 0 Å². The maximum atomic E-state index is 4.64. The van der Waals surface area contributed by atoms with Crippen molar-refractivity contribution in [3.8, 4) is 0 Å². The molecule has 20 heavy (non-hydrogen) atoms. The second-order valence-corrected chi connectivity index (χ2v) is 6.29. The second kappa shape index (κ2) is 8.45. The average Bonchev–Trinajstić information content (AvgIpc) is 2.52. The van der Waals surface area contributed by atoms with E-state index >= 15 is 0 Å². The summed E-state index contributed by atoms with van der Waals surface area (Å²) in [7, 11) is 0. The van der Waals surface area contributed by atoms with E-state index in [1.54, 1.807) is 0 Å². The van der Waals surface area contributed by atoms with E-state index in [-0.39, 0.29) is 0 Å². The van der Waals surface area contributed by atoms with E-state index in [1.807, 2.05) is 12.1 Å². The molecule has 0 aromatic heterocycles. The smallest absolute Gasteiger partial charge is 0.0425 e. The van der Waals surface area contributed by atoms with Crippen molar-refractivity contribution >= 4 is 18.3 Å². The molecule has 2 rings (SSSR count). The summed E-state index contributed by atoms with van der Waals surface area (Å²) < 4.78 is 4.84. The van der Waals surface area contributed by atoms with Gasteiger partial charge in [-0.2, -0.15) is 0 Å². The predicted molar refractivity (Wildman–Crippen MR) is 89.1 cm³/mol. The molecule has 0 N–H and O–H groups in total. The standard InChI is InChI=1S/C16H25N3S/c1-3-18-13-16(14-19(4-2)20-18)12-17-11-10-15-8-6-5-7-9-15/h5-9,12,16H,3-4,10-11,13-14H2,1-2H3. The first-order valence-corrected chi connectivity index (χ1v) is 8.26. The van der Waals surface area contributed by atoms with Crippen LogP contribution in [0.2, 0.25) is 0 Å². The number of nitrogens with zero attached hydrogens (tertiary/aromatic N) is 3. The fourth-order valence-electron chi connectivity index (χ4n) is 2.34. The summed E-state index contributed by atoms with van der Waals surface area (Å²) in [5.41, 5.74) is 1.37. The molecule has 0 saturated carbocycles. The zero-order chi connectivity index (χ0) is 14.2. The molecule has 0 spiro atoms. The van der Waals surface area contributed by atoms with E-state index in [4.69, 9.17) is 0 Å². The van der Waals surface area contributed by atoms with E-state index in [2.05, 4.69) is 64.0 Å². The van der Waals surface area contributed by atoms with Crippen molar-refractivity contribution in [2.24, 2.45) is 10.9 Å². The van der Waals surface area contributed by atoms with Gasteiger partial charge in [-0.25, -0.2) is 8.61 Å². The highest BCUT2D eigenvalue weighted by Gasteiger charge is 2.23. The van der Waals surface area contributed by atoms with Crippen molar-refractivity contribution in [1.29, 1.82) is 0 Å². The van der Waals surface area contributed by atoms with Crippen LogP contribution < -0.4 is 0 Å². The molecule has 1 aromatic carbocycles. The van der Waals surface area contributed by atoms with Gasteiger partial charge in [0, 0.05) is 57.0 Å². The van der Waals surface area contributed by atoms with Gasteiger partial charge in [0.25, 0.3) is 0 Å². The van der Waals surface area contributed by atoms with Gasteiger partial charge in [-0.15, -0.1) is 0 Å². The highest BCUT2D eigenvalue weighted by Crippen LogP contribution is 2.24. The third-order valence-electron chi connectivity index (χ3n) is 3.50. The molecular formula is C16H25N3S. The Labute approximate surface area is 127 Å². The normalized spacial score (nSPS) is 18.9. The van der Waals surface area contributed by atoms with E-state index < -0.39 is 0 Å². The van der Waals surface area contributed by atoms with Crippen LogP contribution in [0.4, 0.5) is 0 Å². The van der Waals surface area contributed by atoms with Gasteiger partial charge < -0.3 is 0 Å². The fraction of sp³-hybridized carbons (Fsp3) is 0.562. The first-order chi connectivity index (χ1) is 9.81. The highest BCUT2D eigenvalue weighted by atomic mass is 32.2. The molecule has 0 atom stereocenters. The van der Waals surface area contributed by atoms with Gasteiger partial charge >= 0.3 is 0 Å². The van der Waals surface area contributed by atoms with Crippen LogP contribution in [0.1, 0.15) is 19.4 Å². The zero-order valence-corrected chi connectivity index (χ0v) is 13.4. The maximum Gasteiger partial charge on any atom is 0.0425 e. The highest BCUT2D eigenvalue weighted by molar-refractivity contribution is 7.94. The first kappa shape index (κ1) is 15.5. The van der Waals surface area contributed by atoms with Crippen LogP contribution in [0.25, 0.3) is 0 Å². The molecule has 4 heteroatoms. The van der Waals surface area contributed by atoms with Crippen molar-refractivity contribution < 1.29 is 0 Å². The fourth-order valence-corrected chi connectivity index (χ4v) is 3.41. The summed E-state index contributed by atoms with van der Waals surface area (Å²) in [5, 5.41) is 0. The topological polar surface area (TPSA) is 18.8 Å². The summed E-state index contributed by atoms with van der Waals surface area (Å²) >= 11 is 1.88. The number of hydrogen-bond donors (Lipinski definition) is 0. The molecule has 1 fully saturated rings. The van der Waals surface area contributed by atoms with E-state index in [0.717, 1.165) is 39.1 Å². The minimum atomic E-state index is 0.562. The molecule has 0 bridgehead atoms. The molecule has 0 radical (unpaired) electrons. The number of hydrogen-bond acceptors (Lipinski definition) is 4. The summed E-state index contributed by atoms with van der Waals surface area (Å²) in [6.07, 6.45) is 3.21. The second-order valence-electron chi connectivity index (χ2n) is 5.09. The largest absolute Gasteiger partial charge is 0.297 e. The lowest BCUT2D eigenvalue weighted by Crippen LogP contribution is -2.41. The Bertz CT molecular complexity index is 395. The van der Waals surface area contributed by atoms with Crippen molar-refractivity contribution in [3.05, 3.63) is 35.9 Å². The zero-order valence-electron chi connectivity index (χ0n) is 12.5. The summed E-state index contributed by atoms with van der Waals surface area (Å²) in [6, 6.07) is 10.6. The summed E-state index contributed by atoms with van der Waals surface area (Å²) in [6.45, 7) is 9.75. The monoisotopic (exact) mass is 291 g/mol. The van der Waals surface area contributed by atoms with E-state index in [9.17, 15) is 0 Å². The number of rotatable bonds is 6. The van der Waals surface area contributed by atoms with Crippen molar-refractivity contribution in [1.82, 2.24) is 8.61 Å².